The van der Waals surface area contributed by atoms with Crippen LogP contribution in [0, 0.1) is 5.92 Å². The van der Waals surface area contributed by atoms with E-state index in [1.54, 1.807) is 12.3 Å². The number of sulfone groups is 1. The molecule has 0 radical (unpaired) electrons. The van der Waals surface area contributed by atoms with Crippen molar-refractivity contribution in [1.29, 1.82) is 0 Å². The van der Waals surface area contributed by atoms with Gasteiger partial charge < -0.3 is 14.7 Å². The van der Waals surface area contributed by atoms with Crippen molar-refractivity contribution in [3.05, 3.63) is 42.6 Å². The number of rotatable bonds is 5. The summed E-state index contributed by atoms with van der Waals surface area (Å²) in [5, 5.41) is 9.02. The third-order valence-corrected chi connectivity index (χ3v) is 5.68. The molecule has 1 amide bonds. The third-order valence-electron chi connectivity index (χ3n) is 4.67. The van der Waals surface area contributed by atoms with Crippen LogP contribution in [0.4, 0.5) is 4.79 Å². The van der Waals surface area contributed by atoms with Gasteiger partial charge in [-0.05, 0) is 48.6 Å². The second-order valence-corrected chi connectivity index (χ2v) is 8.67. The van der Waals surface area contributed by atoms with Gasteiger partial charge in [0.15, 0.2) is 14.9 Å². The highest BCUT2D eigenvalue weighted by Crippen LogP contribution is 2.24. The number of aromatic nitrogens is 1. The average Bonchev–Trinajstić information content (AvgIpc) is 2.66. The molecule has 0 atom stereocenters. The molecule has 1 aliphatic heterocycles. The van der Waals surface area contributed by atoms with Gasteiger partial charge in [0.25, 0.3) is 0 Å². The minimum atomic E-state index is -3.30. The summed E-state index contributed by atoms with van der Waals surface area (Å²) < 4.78 is 28.8. The summed E-state index contributed by atoms with van der Waals surface area (Å²) >= 11 is 0. The van der Waals surface area contributed by atoms with Crippen LogP contribution < -0.4 is 4.74 Å². The van der Waals surface area contributed by atoms with E-state index in [4.69, 9.17) is 9.84 Å². The van der Waals surface area contributed by atoms with Crippen LogP contribution in [0.5, 0.6) is 5.75 Å². The zero-order chi connectivity index (χ0) is 19.4. The number of nitrogens with zero attached hydrogens (tertiary/aromatic N) is 2. The first-order chi connectivity index (χ1) is 12.8. The number of piperidine rings is 1. The molecular formula is C19H22N2O5S. The van der Waals surface area contributed by atoms with Crippen molar-refractivity contribution in [2.45, 2.75) is 17.9 Å². The molecule has 0 bridgehead atoms. The van der Waals surface area contributed by atoms with E-state index in [0.29, 0.717) is 25.6 Å². The van der Waals surface area contributed by atoms with Crippen molar-refractivity contribution in [1.82, 2.24) is 9.88 Å². The van der Waals surface area contributed by atoms with Gasteiger partial charge in [-0.1, -0.05) is 12.1 Å². The van der Waals surface area contributed by atoms with E-state index in [2.05, 4.69) is 4.98 Å². The number of hydrogen-bond donors (Lipinski definition) is 1. The lowest BCUT2D eigenvalue weighted by molar-refractivity contribution is 0.111. The summed E-state index contributed by atoms with van der Waals surface area (Å²) in [5.41, 5.74) is 1.75. The number of ether oxygens (including phenoxy) is 1. The molecule has 1 fully saturated rings. The zero-order valence-corrected chi connectivity index (χ0v) is 15.9. The number of amides is 1. The molecule has 1 aromatic heterocycles. The predicted molar refractivity (Wildman–Crippen MR) is 101 cm³/mol. The molecule has 3 rings (SSSR count). The number of benzene rings is 1. The van der Waals surface area contributed by atoms with Crippen LogP contribution in [-0.2, 0) is 9.84 Å². The Hall–Kier alpha value is -2.61. The van der Waals surface area contributed by atoms with E-state index in [-0.39, 0.29) is 5.03 Å². The van der Waals surface area contributed by atoms with E-state index in [9.17, 15) is 13.2 Å². The van der Waals surface area contributed by atoms with Crippen LogP contribution in [0.15, 0.2) is 47.6 Å². The largest absolute Gasteiger partial charge is 0.493 e. The van der Waals surface area contributed by atoms with Crippen LogP contribution >= 0.6 is 0 Å². The van der Waals surface area contributed by atoms with Gasteiger partial charge in [0, 0.05) is 31.1 Å². The lowest BCUT2D eigenvalue weighted by Gasteiger charge is -2.29. The number of carbonyl (C=O) groups is 1. The van der Waals surface area contributed by atoms with E-state index >= 15 is 0 Å². The fourth-order valence-electron chi connectivity index (χ4n) is 3.02. The Morgan fingerprint density at radius 2 is 1.78 bits per heavy atom. The van der Waals surface area contributed by atoms with Crippen molar-refractivity contribution in [2.75, 3.05) is 26.0 Å². The van der Waals surface area contributed by atoms with Gasteiger partial charge >= 0.3 is 6.09 Å². The number of hydrogen-bond acceptors (Lipinski definition) is 5. The smallest absolute Gasteiger partial charge is 0.407 e. The molecule has 0 unspecified atom stereocenters. The van der Waals surface area contributed by atoms with Crippen molar-refractivity contribution in [3.63, 3.8) is 0 Å². The van der Waals surface area contributed by atoms with E-state index in [1.807, 2.05) is 24.3 Å². The van der Waals surface area contributed by atoms with Crippen LogP contribution in [-0.4, -0.2) is 55.5 Å². The Balaban J connectivity index is 1.55. The standard InChI is InChI=1S/C19H22N2O5S/c1-27(24,25)18-7-4-16(12-20-18)15-2-5-17(6-3-15)26-13-14-8-10-21(11-9-14)19(22)23/h2-7,12,14H,8-11,13H2,1H3,(H,22,23). The minimum Gasteiger partial charge on any atom is -0.493 e. The molecule has 1 aliphatic rings. The first-order valence-electron chi connectivity index (χ1n) is 8.70. The molecule has 2 heterocycles. The molecule has 7 nitrogen and oxygen atoms in total. The van der Waals surface area contributed by atoms with Gasteiger partial charge in [-0.3, -0.25) is 0 Å². The SMILES string of the molecule is CS(=O)(=O)c1ccc(-c2ccc(OCC3CCN(C(=O)O)CC3)cc2)cn1. The maximum absolute atomic E-state index is 11.5. The average molecular weight is 390 g/mol. The molecule has 1 aromatic carbocycles. The lowest BCUT2D eigenvalue weighted by atomic mass is 9.98. The van der Waals surface area contributed by atoms with E-state index < -0.39 is 15.9 Å². The summed E-state index contributed by atoms with van der Waals surface area (Å²) in [6, 6.07) is 10.8. The van der Waals surface area contributed by atoms with Crippen molar-refractivity contribution in [2.24, 2.45) is 5.92 Å². The van der Waals surface area contributed by atoms with Crippen LogP contribution in [0.2, 0.25) is 0 Å². The highest BCUT2D eigenvalue weighted by Gasteiger charge is 2.22. The first-order valence-corrected chi connectivity index (χ1v) is 10.6. The monoisotopic (exact) mass is 390 g/mol. The fourth-order valence-corrected chi connectivity index (χ4v) is 3.58. The maximum Gasteiger partial charge on any atom is 0.407 e. The quantitative estimate of drug-likeness (QED) is 0.843. The van der Waals surface area contributed by atoms with Crippen molar-refractivity contribution >= 4 is 15.9 Å². The summed E-state index contributed by atoms with van der Waals surface area (Å²) in [7, 11) is -3.30. The van der Waals surface area contributed by atoms with Gasteiger partial charge in [-0.15, -0.1) is 0 Å². The first kappa shape index (κ1) is 19.2. The molecule has 27 heavy (non-hydrogen) atoms. The Labute approximate surface area is 158 Å². The fraction of sp³-hybridized carbons (Fsp3) is 0.368. The summed E-state index contributed by atoms with van der Waals surface area (Å²) in [6.45, 7) is 1.68. The van der Waals surface area contributed by atoms with Crippen molar-refractivity contribution < 1.29 is 23.1 Å². The Morgan fingerprint density at radius 3 is 2.30 bits per heavy atom. The summed E-state index contributed by atoms with van der Waals surface area (Å²) in [6.07, 6.45) is 3.43. The van der Waals surface area contributed by atoms with Gasteiger partial charge in [0.1, 0.15) is 5.75 Å². The Morgan fingerprint density at radius 1 is 1.15 bits per heavy atom. The molecule has 144 valence electrons. The van der Waals surface area contributed by atoms with Gasteiger partial charge in [0.05, 0.1) is 6.61 Å². The van der Waals surface area contributed by atoms with Crippen LogP contribution in [0.3, 0.4) is 0 Å². The molecule has 0 aliphatic carbocycles. The van der Waals surface area contributed by atoms with Gasteiger partial charge in [0.2, 0.25) is 0 Å². The highest BCUT2D eigenvalue weighted by molar-refractivity contribution is 7.90. The predicted octanol–water partition coefficient (Wildman–Crippen LogP) is 2.92. The zero-order valence-electron chi connectivity index (χ0n) is 15.0. The van der Waals surface area contributed by atoms with Crippen molar-refractivity contribution in [3.8, 4) is 16.9 Å². The molecular weight excluding hydrogens is 368 g/mol. The molecule has 0 spiro atoms. The second kappa shape index (κ2) is 7.96. The van der Waals surface area contributed by atoms with E-state index in [1.165, 1.54) is 11.0 Å². The Bertz CT molecular complexity index is 887. The normalized spacial score (nSPS) is 15.5. The Kier molecular flexibility index (Phi) is 5.65. The van der Waals surface area contributed by atoms with Crippen LogP contribution in [0.1, 0.15) is 12.8 Å². The molecule has 8 heteroatoms. The number of carboxylic acid groups (broad SMARTS) is 1. The summed E-state index contributed by atoms with van der Waals surface area (Å²) in [5.74, 6) is 1.10. The molecule has 0 saturated carbocycles. The third kappa shape index (κ3) is 4.97. The summed E-state index contributed by atoms with van der Waals surface area (Å²) in [4.78, 5) is 16.4. The lowest BCUT2D eigenvalue weighted by Crippen LogP contribution is -2.38. The number of likely N-dealkylation sites (tertiary alicyclic amines) is 1. The maximum atomic E-state index is 11.5. The second-order valence-electron chi connectivity index (χ2n) is 6.71. The van der Waals surface area contributed by atoms with Gasteiger partial charge in [-0.2, -0.15) is 0 Å². The minimum absolute atomic E-state index is 0.0557. The highest BCUT2D eigenvalue weighted by atomic mass is 32.2. The van der Waals surface area contributed by atoms with Crippen LogP contribution in [0.25, 0.3) is 11.1 Å². The molecule has 1 N–H and O–H groups in total. The molecule has 1 saturated heterocycles. The topological polar surface area (TPSA) is 96.8 Å². The molecule has 2 aromatic rings. The number of pyridine rings is 1. The van der Waals surface area contributed by atoms with Gasteiger partial charge in [-0.25, -0.2) is 18.2 Å². The van der Waals surface area contributed by atoms with E-state index in [0.717, 1.165) is 36.0 Å².